The number of hydrogen-bond acceptors (Lipinski definition) is 1. The minimum Gasteiger partial charge on any atom is -0.314 e. The van der Waals surface area contributed by atoms with Gasteiger partial charge in [0, 0.05) is 6.04 Å². The number of piperidine rings is 1. The van der Waals surface area contributed by atoms with Gasteiger partial charge in [-0.05, 0) is 55.7 Å². The first-order valence-corrected chi connectivity index (χ1v) is 7.24. The van der Waals surface area contributed by atoms with Crippen molar-refractivity contribution in [2.75, 3.05) is 6.54 Å². The van der Waals surface area contributed by atoms with Gasteiger partial charge < -0.3 is 5.32 Å². The second-order valence-electron chi connectivity index (χ2n) is 5.68. The monoisotopic (exact) mass is 229 g/mol. The molecule has 1 heterocycles. The van der Waals surface area contributed by atoms with Gasteiger partial charge in [-0.3, -0.25) is 0 Å². The van der Waals surface area contributed by atoms with E-state index in [0.29, 0.717) is 0 Å². The molecule has 1 aliphatic carbocycles. The van der Waals surface area contributed by atoms with Crippen LogP contribution in [0.1, 0.15) is 55.6 Å². The highest BCUT2D eigenvalue weighted by Crippen LogP contribution is 2.38. The van der Waals surface area contributed by atoms with E-state index in [9.17, 15) is 0 Å². The summed E-state index contributed by atoms with van der Waals surface area (Å²) in [5, 5.41) is 3.67. The van der Waals surface area contributed by atoms with E-state index in [-0.39, 0.29) is 0 Å². The first kappa shape index (κ1) is 11.3. The summed E-state index contributed by atoms with van der Waals surface area (Å²) in [6.45, 7) is 1.22. The smallest absolute Gasteiger partial charge is 0.0108 e. The van der Waals surface area contributed by atoms with Crippen LogP contribution in [-0.4, -0.2) is 12.6 Å². The van der Waals surface area contributed by atoms with Crippen molar-refractivity contribution >= 4 is 0 Å². The van der Waals surface area contributed by atoms with Crippen molar-refractivity contribution in [3.05, 3.63) is 35.4 Å². The summed E-state index contributed by atoms with van der Waals surface area (Å²) in [6.07, 6.45) is 9.63. The number of benzene rings is 1. The Bertz CT molecular complexity index is 362. The van der Waals surface area contributed by atoms with Crippen molar-refractivity contribution in [2.45, 2.75) is 56.9 Å². The lowest BCUT2D eigenvalue weighted by molar-refractivity contribution is 0.390. The molecule has 1 aromatic rings. The fourth-order valence-electron chi connectivity index (χ4n) is 3.20. The van der Waals surface area contributed by atoms with Crippen LogP contribution in [0.25, 0.3) is 0 Å². The molecule has 0 radical (unpaired) electrons. The third-order valence-electron chi connectivity index (χ3n) is 4.48. The fourth-order valence-corrected chi connectivity index (χ4v) is 3.20. The van der Waals surface area contributed by atoms with Gasteiger partial charge in [-0.25, -0.2) is 0 Å². The van der Waals surface area contributed by atoms with Gasteiger partial charge in [0.2, 0.25) is 0 Å². The molecule has 0 amide bonds. The Labute approximate surface area is 105 Å². The van der Waals surface area contributed by atoms with E-state index in [1.807, 2.05) is 0 Å². The van der Waals surface area contributed by atoms with Crippen molar-refractivity contribution in [1.82, 2.24) is 5.32 Å². The van der Waals surface area contributed by atoms with Crippen LogP contribution in [-0.2, 0) is 6.42 Å². The highest BCUT2D eigenvalue weighted by Gasteiger charge is 2.23. The maximum atomic E-state index is 3.67. The van der Waals surface area contributed by atoms with Crippen molar-refractivity contribution in [3.8, 4) is 0 Å². The molecule has 0 spiro atoms. The quantitative estimate of drug-likeness (QED) is 0.834. The molecule has 17 heavy (non-hydrogen) atoms. The molecule has 2 fully saturated rings. The molecule has 1 N–H and O–H groups in total. The molecule has 2 aliphatic rings. The molecule has 0 bridgehead atoms. The maximum absolute atomic E-state index is 3.67. The SMILES string of the molecule is c1ccc(C2CCC2)c(CC2CCCCN2)c1. The Morgan fingerprint density at radius 2 is 1.88 bits per heavy atom. The first-order chi connectivity index (χ1) is 8.43. The lowest BCUT2D eigenvalue weighted by Crippen LogP contribution is -2.36. The van der Waals surface area contributed by atoms with Gasteiger partial charge in [-0.15, -0.1) is 0 Å². The molecule has 1 unspecified atom stereocenters. The fraction of sp³-hybridized carbons (Fsp3) is 0.625. The molecule has 3 rings (SSSR count). The summed E-state index contributed by atoms with van der Waals surface area (Å²) in [5.74, 6) is 0.870. The van der Waals surface area contributed by atoms with Gasteiger partial charge >= 0.3 is 0 Å². The first-order valence-electron chi connectivity index (χ1n) is 7.24. The minimum atomic E-state index is 0.727. The van der Waals surface area contributed by atoms with E-state index in [2.05, 4.69) is 29.6 Å². The largest absolute Gasteiger partial charge is 0.314 e. The van der Waals surface area contributed by atoms with Crippen molar-refractivity contribution in [3.63, 3.8) is 0 Å². The van der Waals surface area contributed by atoms with Gasteiger partial charge in [-0.2, -0.15) is 0 Å². The van der Waals surface area contributed by atoms with Gasteiger partial charge in [-0.1, -0.05) is 37.1 Å². The van der Waals surface area contributed by atoms with Crippen LogP contribution in [0.3, 0.4) is 0 Å². The molecule has 1 aliphatic heterocycles. The third kappa shape index (κ3) is 2.55. The predicted octanol–water partition coefficient (Wildman–Crippen LogP) is 3.64. The van der Waals surface area contributed by atoms with E-state index in [1.54, 1.807) is 11.1 Å². The highest BCUT2D eigenvalue weighted by atomic mass is 14.9. The summed E-state index contributed by atoms with van der Waals surface area (Å²) >= 11 is 0. The van der Waals surface area contributed by atoms with Crippen LogP contribution < -0.4 is 5.32 Å². The molecule has 92 valence electrons. The summed E-state index contributed by atoms with van der Waals surface area (Å²) < 4.78 is 0. The Kier molecular flexibility index (Phi) is 3.46. The molecule has 1 aromatic carbocycles. The predicted molar refractivity (Wildman–Crippen MR) is 72.4 cm³/mol. The highest BCUT2D eigenvalue weighted by molar-refractivity contribution is 5.32. The second-order valence-corrected chi connectivity index (χ2v) is 5.68. The Morgan fingerprint density at radius 1 is 1.00 bits per heavy atom. The number of nitrogens with one attached hydrogen (secondary N) is 1. The molecule has 1 nitrogen and oxygen atoms in total. The molecular weight excluding hydrogens is 206 g/mol. The van der Waals surface area contributed by atoms with Gasteiger partial charge in [0.1, 0.15) is 0 Å². The molecule has 1 saturated carbocycles. The van der Waals surface area contributed by atoms with Crippen LogP contribution >= 0.6 is 0 Å². The number of hydrogen-bond donors (Lipinski definition) is 1. The van der Waals surface area contributed by atoms with E-state index in [1.165, 1.54) is 51.5 Å². The van der Waals surface area contributed by atoms with Crippen LogP contribution in [0.5, 0.6) is 0 Å². The Morgan fingerprint density at radius 3 is 2.59 bits per heavy atom. The summed E-state index contributed by atoms with van der Waals surface area (Å²) in [5.41, 5.74) is 3.25. The van der Waals surface area contributed by atoms with E-state index >= 15 is 0 Å². The van der Waals surface area contributed by atoms with Crippen LogP contribution in [0.4, 0.5) is 0 Å². The summed E-state index contributed by atoms with van der Waals surface area (Å²) in [7, 11) is 0. The second kappa shape index (κ2) is 5.22. The topological polar surface area (TPSA) is 12.0 Å². The average Bonchev–Trinajstić information content (AvgIpc) is 2.31. The molecule has 1 saturated heterocycles. The lowest BCUT2D eigenvalue weighted by Gasteiger charge is -2.30. The van der Waals surface area contributed by atoms with Crippen molar-refractivity contribution in [1.29, 1.82) is 0 Å². The minimum absolute atomic E-state index is 0.727. The molecule has 1 atom stereocenters. The zero-order valence-corrected chi connectivity index (χ0v) is 10.6. The lowest BCUT2D eigenvalue weighted by atomic mass is 9.77. The number of rotatable bonds is 3. The normalized spacial score (nSPS) is 25.5. The van der Waals surface area contributed by atoms with Crippen LogP contribution in [0.2, 0.25) is 0 Å². The molecule has 0 aromatic heterocycles. The van der Waals surface area contributed by atoms with Gasteiger partial charge in [0.25, 0.3) is 0 Å². The summed E-state index contributed by atoms with van der Waals surface area (Å²) in [6, 6.07) is 9.86. The van der Waals surface area contributed by atoms with E-state index in [4.69, 9.17) is 0 Å². The van der Waals surface area contributed by atoms with Crippen molar-refractivity contribution < 1.29 is 0 Å². The van der Waals surface area contributed by atoms with E-state index < -0.39 is 0 Å². The molecule has 1 heteroatoms. The van der Waals surface area contributed by atoms with Crippen molar-refractivity contribution in [2.24, 2.45) is 0 Å². The third-order valence-corrected chi connectivity index (χ3v) is 4.48. The zero-order valence-electron chi connectivity index (χ0n) is 10.6. The van der Waals surface area contributed by atoms with Gasteiger partial charge in [0.05, 0.1) is 0 Å². The average molecular weight is 229 g/mol. The van der Waals surface area contributed by atoms with Crippen LogP contribution in [0.15, 0.2) is 24.3 Å². The van der Waals surface area contributed by atoms with E-state index in [0.717, 1.165) is 12.0 Å². The Balaban J connectivity index is 1.72. The maximum Gasteiger partial charge on any atom is 0.0108 e. The standard InChI is InChI=1S/C16H23N/c1-2-10-16(13-7-5-8-13)14(6-1)12-15-9-3-4-11-17-15/h1-2,6,10,13,15,17H,3-5,7-9,11-12H2. The Hall–Kier alpha value is -0.820. The summed E-state index contributed by atoms with van der Waals surface area (Å²) in [4.78, 5) is 0. The van der Waals surface area contributed by atoms with Crippen LogP contribution in [0, 0.1) is 0 Å². The van der Waals surface area contributed by atoms with Gasteiger partial charge in [0.15, 0.2) is 0 Å². The molecular formula is C16H23N. The zero-order chi connectivity index (χ0) is 11.5.